The molecule has 0 saturated carbocycles. The molecular weight excluding hydrogens is 428 g/mol. The van der Waals surface area contributed by atoms with Crippen molar-refractivity contribution in [2.24, 2.45) is 0 Å². The Morgan fingerprint density at radius 1 is 1.27 bits per heavy atom. The predicted octanol–water partition coefficient (Wildman–Crippen LogP) is 2.88. The Labute approximate surface area is 176 Å². The van der Waals surface area contributed by atoms with Crippen molar-refractivity contribution < 1.29 is 22.7 Å². The fourth-order valence-corrected chi connectivity index (χ4v) is 4.75. The van der Waals surface area contributed by atoms with Gasteiger partial charge in [0.05, 0.1) is 35.0 Å². The zero-order valence-corrected chi connectivity index (χ0v) is 17.2. The molecule has 1 aliphatic rings. The molecule has 1 amide bonds. The summed E-state index contributed by atoms with van der Waals surface area (Å²) in [7, 11) is -2.44. The summed E-state index contributed by atoms with van der Waals surface area (Å²) < 4.78 is 38.5. The van der Waals surface area contributed by atoms with E-state index < -0.39 is 10.0 Å². The normalized spacial score (nSPS) is 13.2. The molecule has 0 aliphatic carbocycles. The minimum Gasteiger partial charge on any atom is -0.495 e. The van der Waals surface area contributed by atoms with Gasteiger partial charge in [-0.15, -0.1) is 11.3 Å². The largest absolute Gasteiger partial charge is 0.495 e. The Balaban J connectivity index is 1.75. The standard InChI is InChI=1S/C19H14N4O5S2/c1-27-16-8-12(10-20)2-4-14(16)23-15-5-3-13(9-17(15)28-11-18(23)24)30(25,26)22-19-21-6-7-29-19/h2-9H,11H2,1H3,(H,21,22). The molecule has 1 aliphatic heterocycles. The monoisotopic (exact) mass is 442 g/mol. The molecule has 4 rings (SSSR count). The van der Waals surface area contributed by atoms with Gasteiger partial charge in [0.1, 0.15) is 11.5 Å². The van der Waals surface area contributed by atoms with Crippen LogP contribution in [-0.2, 0) is 14.8 Å². The quantitative estimate of drug-likeness (QED) is 0.645. The second-order valence-corrected chi connectivity index (χ2v) is 8.67. The van der Waals surface area contributed by atoms with Gasteiger partial charge in [-0.2, -0.15) is 5.26 Å². The summed E-state index contributed by atoms with van der Waals surface area (Å²) in [4.78, 5) is 17.9. The number of hydrogen-bond acceptors (Lipinski definition) is 8. The third-order valence-electron chi connectivity index (χ3n) is 4.29. The lowest BCUT2D eigenvalue weighted by atomic mass is 10.1. The van der Waals surface area contributed by atoms with E-state index in [2.05, 4.69) is 9.71 Å². The highest BCUT2D eigenvalue weighted by Crippen LogP contribution is 2.42. The molecule has 0 atom stereocenters. The van der Waals surface area contributed by atoms with Crippen LogP contribution in [-0.4, -0.2) is 33.0 Å². The van der Waals surface area contributed by atoms with Crippen molar-refractivity contribution in [3.05, 3.63) is 53.5 Å². The van der Waals surface area contributed by atoms with E-state index in [1.807, 2.05) is 6.07 Å². The van der Waals surface area contributed by atoms with Gasteiger partial charge in [0.2, 0.25) is 0 Å². The van der Waals surface area contributed by atoms with E-state index in [0.717, 1.165) is 11.3 Å². The summed E-state index contributed by atoms with van der Waals surface area (Å²) in [5.74, 6) is 0.197. The number of ether oxygens (including phenoxy) is 2. The van der Waals surface area contributed by atoms with E-state index in [1.165, 1.54) is 42.5 Å². The number of aromatic nitrogens is 1. The van der Waals surface area contributed by atoms with Crippen LogP contribution in [0.3, 0.4) is 0 Å². The summed E-state index contributed by atoms with van der Waals surface area (Å²) in [6.45, 7) is -0.278. The molecule has 0 radical (unpaired) electrons. The number of anilines is 3. The van der Waals surface area contributed by atoms with Gasteiger partial charge in [-0.1, -0.05) is 0 Å². The van der Waals surface area contributed by atoms with Gasteiger partial charge in [-0.3, -0.25) is 14.4 Å². The Morgan fingerprint density at radius 2 is 2.07 bits per heavy atom. The highest BCUT2D eigenvalue weighted by molar-refractivity contribution is 7.93. The van der Waals surface area contributed by atoms with E-state index in [9.17, 15) is 13.2 Å². The highest BCUT2D eigenvalue weighted by atomic mass is 32.2. The molecule has 9 nitrogen and oxygen atoms in total. The number of fused-ring (bicyclic) bond motifs is 1. The van der Waals surface area contributed by atoms with Crippen LogP contribution in [0.1, 0.15) is 5.56 Å². The van der Waals surface area contributed by atoms with Crippen molar-refractivity contribution in [1.82, 2.24) is 4.98 Å². The lowest BCUT2D eigenvalue weighted by Crippen LogP contribution is -2.35. The number of nitrogens with one attached hydrogen (secondary N) is 1. The minimum absolute atomic E-state index is 0.0301. The zero-order chi connectivity index (χ0) is 21.3. The number of thiazole rings is 1. The second-order valence-electron chi connectivity index (χ2n) is 6.09. The first-order valence-electron chi connectivity index (χ1n) is 8.53. The first kappa shape index (κ1) is 19.7. The molecule has 0 unspecified atom stereocenters. The average molecular weight is 442 g/mol. The molecule has 1 N–H and O–H groups in total. The molecule has 11 heteroatoms. The fraction of sp³-hybridized carbons (Fsp3) is 0.105. The Kier molecular flexibility index (Phi) is 5.03. The number of carbonyl (C=O) groups excluding carboxylic acids is 1. The van der Waals surface area contributed by atoms with Crippen LogP contribution < -0.4 is 19.1 Å². The van der Waals surface area contributed by atoms with Crippen molar-refractivity contribution in [2.45, 2.75) is 4.90 Å². The van der Waals surface area contributed by atoms with Crippen molar-refractivity contribution in [2.75, 3.05) is 23.3 Å². The van der Waals surface area contributed by atoms with Crippen LogP contribution in [0.25, 0.3) is 0 Å². The summed E-state index contributed by atoms with van der Waals surface area (Å²) in [5.41, 5.74) is 1.16. The molecule has 1 aromatic heterocycles. The van der Waals surface area contributed by atoms with E-state index in [1.54, 1.807) is 17.5 Å². The smallest absolute Gasteiger partial charge is 0.269 e. The zero-order valence-electron chi connectivity index (χ0n) is 15.5. The lowest BCUT2D eigenvalue weighted by molar-refractivity contribution is -0.120. The van der Waals surface area contributed by atoms with E-state index in [4.69, 9.17) is 14.7 Å². The number of sulfonamides is 1. The average Bonchev–Trinajstić information content (AvgIpc) is 3.25. The number of methoxy groups -OCH3 is 1. The molecule has 0 saturated heterocycles. The SMILES string of the molecule is COc1cc(C#N)ccc1N1C(=O)COc2cc(S(=O)(=O)Nc3nccs3)ccc21. The first-order valence-corrected chi connectivity index (χ1v) is 10.9. The molecule has 30 heavy (non-hydrogen) atoms. The van der Waals surface area contributed by atoms with Crippen LogP contribution in [0.15, 0.2) is 52.9 Å². The predicted molar refractivity (Wildman–Crippen MR) is 110 cm³/mol. The number of benzene rings is 2. The van der Waals surface area contributed by atoms with Gasteiger partial charge < -0.3 is 9.47 Å². The molecular formula is C19H14N4O5S2. The maximum Gasteiger partial charge on any atom is 0.269 e. The number of carbonyl (C=O) groups is 1. The summed E-state index contributed by atoms with van der Waals surface area (Å²) in [5, 5.41) is 11.0. The number of amides is 1. The van der Waals surface area contributed by atoms with Crippen molar-refractivity contribution >= 4 is 43.8 Å². The highest BCUT2D eigenvalue weighted by Gasteiger charge is 2.30. The van der Waals surface area contributed by atoms with Crippen LogP contribution in [0.4, 0.5) is 16.5 Å². The summed E-state index contributed by atoms with van der Waals surface area (Å²) in [6, 6.07) is 10.9. The van der Waals surface area contributed by atoms with Gasteiger partial charge in [0, 0.05) is 23.7 Å². The second kappa shape index (κ2) is 7.66. The minimum atomic E-state index is -3.88. The van der Waals surface area contributed by atoms with E-state index in [0.29, 0.717) is 22.7 Å². The number of nitrogens with zero attached hydrogens (tertiary/aromatic N) is 3. The van der Waals surface area contributed by atoms with Crippen LogP contribution in [0.2, 0.25) is 0 Å². The van der Waals surface area contributed by atoms with Gasteiger partial charge in [-0.25, -0.2) is 13.4 Å². The van der Waals surface area contributed by atoms with Crippen molar-refractivity contribution in [3.8, 4) is 17.6 Å². The van der Waals surface area contributed by atoms with Crippen molar-refractivity contribution in [3.63, 3.8) is 0 Å². The lowest BCUT2D eigenvalue weighted by Gasteiger charge is -2.30. The first-order chi connectivity index (χ1) is 14.4. The van der Waals surface area contributed by atoms with E-state index in [-0.39, 0.29) is 28.3 Å². The van der Waals surface area contributed by atoms with Gasteiger partial charge >= 0.3 is 0 Å². The van der Waals surface area contributed by atoms with Gasteiger partial charge in [0.25, 0.3) is 15.9 Å². The summed E-state index contributed by atoms with van der Waals surface area (Å²) >= 11 is 1.16. The van der Waals surface area contributed by atoms with Crippen LogP contribution >= 0.6 is 11.3 Å². The third-order valence-corrected chi connectivity index (χ3v) is 6.44. The summed E-state index contributed by atoms with van der Waals surface area (Å²) in [6.07, 6.45) is 1.49. The molecule has 0 bridgehead atoms. The van der Waals surface area contributed by atoms with Gasteiger partial charge in [0.15, 0.2) is 11.7 Å². The molecule has 0 spiro atoms. The Bertz CT molecular complexity index is 1270. The maximum atomic E-state index is 12.6. The number of rotatable bonds is 5. The number of nitriles is 1. The number of hydrogen-bond donors (Lipinski definition) is 1. The Hall–Kier alpha value is -3.62. The molecule has 0 fully saturated rings. The van der Waals surface area contributed by atoms with Gasteiger partial charge in [-0.05, 0) is 24.3 Å². The maximum absolute atomic E-state index is 12.6. The van der Waals surface area contributed by atoms with Crippen LogP contribution in [0, 0.1) is 11.3 Å². The van der Waals surface area contributed by atoms with Crippen LogP contribution in [0.5, 0.6) is 11.5 Å². The molecule has 3 aromatic rings. The van der Waals surface area contributed by atoms with Crippen molar-refractivity contribution in [1.29, 1.82) is 5.26 Å². The Morgan fingerprint density at radius 3 is 2.77 bits per heavy atom. The fourth-order valence-electron chi connectivity index (χ4n) is 2.94. The molecule has 2 heterocycles. The topological polar surface area (TPSA) is 122 Å². The third kappa shape index (κ3) is 3.54. The van der Waals surface area contributed by atoms with E-state index >= 15 is 0 Å². The molecule has 2 aromatic carbocycles. The molecule has 152 valence electrons.